The van der Waals surface area contributed by atoms with Gasteiger partial charge in [-0.25, -0.2) is 0 Å². The number of thiophene rings is 1. The molecule has 0 aliphatic heterocycles. The van der Waals surface area contributed by atoms with Crippen LogP contribution in [0.4, 0.5) is 0 Å². The maximum absolute atomic E-state index is 6.10. The summed E-state index contributed by atoms with van der Waals surface area (Å²) >= 11 is 1.76. The minimum atomic E-state index is 0.163. The summed E-state index contributed by atoms with van der Waals surface area (Å²) in [4.78, 5) is 1.29. The van der Waals surface area contributed by atoms with E-state index in [9.17, 15) is 0 Å². The van der Waals surface area contributed by atoms with E-state index in [1.54, 1.807) is 11.3 Å². The van der Waals surface area contributed by atoms with Gasteiger partial charge in [0.1, 0.15) is 0 Å². The molecule has 1 atom stereocenters. The summed E-state index contributed by atoms with van der Waals surface area (Å²) in [5, 5.41) is 2.15. The predicted molar refractivity (Wildman–Crippen MR) is 55.4 cm³/mol. The van der Waals surface area contributed by atoms with E-state index in [1.807, 2.05) is 0 Å². The van der Waals surface area contributed by atoms with Crippen molar-refractivity contribution in [3.8, 4) is 0 Å². The van der Waals surface area contributed by atoms with Crippen LogP contribution in [-0.2, 0) is 0 Å². The van der Waals surface area contributed by atoms with Crippen LogP contribution in [0.3, 0.4) is 0 Å². The lowest BCUT2D eigenvalue weighted by molar-refractivity contribution is 0.331. The first-order chi connectivity index (χ1) is 5.41. The maximum atomic E-state index is 6.10. The van der Waals surface area contributed by atoms with Crippen LogP contribution in [0, 0.1) is 12.3 Å². The van der Waals surface area contributed by atoms with E-state index < -0.39 is 0 Å². The highest BCUT2D eigenvalue weighted by molar-refractivity contribution is 7.10. The number of rotatable bonds is 1. The molecular formula is C10H17NS. The van der Waals surface area contributed by atoms with Crippen LogP contribution in [0.1, 0.15) is 37.3 Å². The molecule has 0 amide bonds. The zero-order valence-electron chi connectivity index (χ0n) is 8.22. The molecule has 0 unspecified atom stereocenters. The first kappa shape index (κ1) is 9.75. The molecule has 68 valence electrons. The fourth-order valence-corrected chi connectivity index (χ4v) is 2.19. The van der Waals surface area contributed by atoms with E-state index in [-0.39, 0.29) is 11.5 Å². The Morgan fingerprint density at radius 2 is 2.00 bits per heavy atom. The van der Waals surface area contributed by atoms with Crippen molar-refractivity contribution >= 4 is 11.3 Å². The average Bonchev–Trinajstić information content (AvgIpc) is 2.32. The second-order valence-electron chi connectivity index (χ2n) is 4.37. The second-order valence-corrected chi connectivity index (χ2v) is 5.31. The van der Waals surface area contributed by atoms with Crippen molar-refractivity contribution in [2.24, 2.45) is 11.1 Å². The van der Waals surface area contributed by atoms with Crippen molar-refractivity contribution in [1.82, 2.24) is 0 Å². The number of hydrogen-bond donors (Lipinski definition) is 1. The third-order valence-electron chi connectivity index (χ3n) is 1.99. The molecule has 0 bridgehead atoms. The number of aryl methyl sites for hydroxylation is 1. The Balaban J connectivity index is 2.85. The van der Waals surface area contributed by atoms with Gasteiger partial charge in [0.25, 0.3) is 0 Å². The third kappa shape index (κ3) is 2.08. The van der Waals surface area contributed by atoms with Gasteiger partial charge in [-0.3, -0.25) is 0 Å². The lowest BCUT2D eigenvalue weighted by Crippen LogP contribution is -2.25. The highest BCUT2D eigenvalue weighted by Crippen LogP contribution is 2.33. The van der Waals surface area contributed by atoms with Crippen LogP contribution in [-0.4, -0.2) is 0 Å². The van der Waals surface area contributed by atoms with Gasteiger partial charge in [0, 0.05) is 10.9 Å². The standard InChI is InChI=1S/C10H17NS/c1-7-5-8(12-6-7)9(11)10(2,3)4/h5-6,9H,11H2,1-4H3/t9-/m0/s1. The fraction of sp³-hybridized carbons (Fsp3) is 0.600. The van der Waals surface area contributed by atoms with Crippen LogP contribution in [0.15, 0.2) is 11.4 Å². The molecule has 0 fully saturated rings. The molecule has 2 heteroatoms. The Kier molecular flexibility index (Phi) is 2.59. The van der Waals surface area contributed by atoms with Gasteiger partial charge in [0.2, 0.25) is 0 Å². The van der Waals surface area contributed by atoms with Gasteiger partial charge in [0.05, 0.1) is 0 Å². The van der Waals surface area contributed by atoms with E-state index in [4.69, 9.17) is 5.73 Å². The van der Waals surface area contributed by atoms with Crippen molar-refractivity contribution in [1.29, 1.82) is 0 Å². The Morgan fingerprint density at radius 1 is 1.42 bits per heavy atom. The van der Waals surface area contributed by atoms with Gasteiger partial charge in [-0.2, -0.15) is 0 Å². The molecule has 0 radical (unpaired) electrons. The highest BCUT2D eigenvalue weighted by atomic mass is 32.1. The molecule has 0 saturated carbocycles. The molecule has 1 aromatic rings. The fourth-order valence-electron chi connectivity index (χ4n) is 1.04. The molecule has 0 spiro atoms. The van der Waals surface area contributed by atoms with Crippen molar-refractivity contribution in [2.45, 2.75) is 33.7 Å². The zero-order valence-corrected chi connectivity index (χ0v) is 9.03. The molecule has 0 aromatic carbocycles. The molecule has 2 N–H and O–H groups in total. The summed E-state index contributed by atoms with van der Waals surface area (Å²) in [5.41, 5.74) is 7.57. The first-order valence-electron chi connectivity index (χ1n) is 4.22. The first-order valence-corrected chi connectivity index (χ1v) is 5.10. The van der Waals surface area contributed by atoms with E-state index >= 15 is 0 Å². The van der Waals surface area contributed by atoms with Crippen molar-refractivity contribution in [3.05, 3.63) is 21.9 Å². The Morgan fingerprint density at radius 3 is 2.33 bits per heavy atom. The van der Waals surface area contributed by atoms with E-state index in [0.717, 1.165) is 0 Å². The minimum absolute atomic E-state index is 0.163. The quantitative estimate of drug-likeness (QED) is 0.711. The van der Waals surface area contributed by atoms with Gasteiger partial charge in [0.15, 0.2) is 0 Å². The van der Waals surface area contributed by atoms with Crippen LogP contribution in [0.2, 0.25) is 0 Å². The molecule has 1 heterocycles. The van der Waals surface area contributed by atoms with Crippen LogP contribution in [0.5, 0.6) is 0 Å². The highest BCUT2D eigenvalue weighted by Gasteiger charge is 2.23. The lowest BCUT2D eigenvalue weighted by Gasteiger charge is -2.25. The van der Waals surface area contributed by atoms with Crippen molar-refractivity contribution < 1.29 is 0 Å². The SMILES string of the molecule is Cc1csc([C@H](N)C(C)(C)C)c1. The summed E-state index contributed by atoms with van der Waals surface area (Å²) in [5.74, 6) is 0. The molecule has 0 saturated heterocycles. The second kappa shape index (κ2) is 3.19. The summed E-state index contributed by atoms with van der Waals surface area (Å²) in [7, 11) is 0. The molecule has 0 aliphatic rings. The van der Waals surface area contributed by atoms with Gasteiger partial charge >= 0.3 is 0 Å². The molecule has 0 aliphatic carbocycles. The Hall–Kier alpha value is -0.340. The molecule has 1 aromatic heterocycles. The van der Waals surface area contributed by atoms with Gasteiger partial charge in [-0.05, 0) is 29.3 Å². The number of hydrogen-bond acceptors (Lipinski definition) is 2. The van der Waals surface area contributed by atoms with Gasteiger partial charge in [-0.15, -0.1) is 11.3 Å². The molecular weight excluding hydrogens is 166 g/mol. The van der Waals surface area contributed by atoms with Crippen molar-refractivity contribution in [3.63, 3.8) is 0 Å². The van der Waals surface area contributed by atoms with E-state index in [2.05, 4.69) is 39.1 Å². The minimum Gasteiger partial charge on any atom is -0.323 e. The summed E-state index contributed by atoms with van der Waals surface area (Å²) < 4.78 is 0. The topological polar surface area (TPSA) is 26.0 Å². The smallest absolute Gasteiger partial charge is 0.0439 e. The molecule has 1 rings (SSSR count). The van der Waals surface area contributed by atoms with Crippen LogP contribution in [0.25, 0.3) is 0 Å². The van der Waals surface area contributed by atoms with Gasteiger partial charge < -0.3 is 5.73 Å². The maximum Gasteiger partial charge on any atom is 0.0439 e. The van der Waals surface area contributed by atoms with E-state index in [0.29, 0.717) is 0 Å². The lowest BCUT2D eigenvalue weighted by atomic mass is 9.86. The van der Waals surface area contributed by atoms with Crippen LogP contribution >= 0.6 is 11.3 Å². The average molecular weight is 183 g/mol. The Bertz CT molecular complexity index is 257. The summed E-state index contributed by atoms with van der Waals surface area (Å²) in [6.07, 6.45) is 0. The zero-order chi connectivity index (χ0) is 9.35. The summed E-state index contributed by atoms with van der Waals surface area (Å²) in [6.45, 7) is 8.63. The summed E-state index contributed by atoms with van der Waals surface area (Å²) in [6, 6.07) is 2.34. The largest absolute Gasteiger partial charge is 0.323 e. The van der Waals surface area contributed by atoms with Crippen molar-refractivity contribution in [2.75, 3.05) is 0 Å². The monoisotopic (exact) mass is 183 g/mol. The normalized spacial score (nSPS) is 14.8. The van der Waals surface area contributed by atoms with E-state index in [1.165, 1.54) is 10.4 Å². The molecule has 1 nitrogen and oxygen atoms in total. The number of nitrogens with two attached hydrogens (primary N) is 1. The Labute approximate surface area is 78.6 Å². The predicted octanol–water partition coefficient (Wildman–Crippen LogP) is 3.10. The van der Waals surface area contributed by atoms with Gasteiger partial charge in [-0.1, -0.05) is 20.8 Å². The third-order valence-corrected chi connectivity index (χ3v) is 3.12. The van der Waals surface area contributed by atoms with Crippen LogP contribution < -0.4 is 5.73 Å². The molecule has 12 heavy (non-hydrogen) atoms.